The van der Waals surface area contributed by atoms with Gasteiger partial charge in [-0.25, -0.2) is 0 Å². The van der Waals surface area contributed by atoms with Crippen molar-refractivity contribution in [3.05, 3.63) is 46.1 Å². The lowest BCUT2D eigenvalue weighted by Gasteiger charge is -2.08. The molecule has 0 spiro atoms. The molecule has 4 nitrogen and oxygen atoms in total. The van der Waals surface area contributed by atoms with Crippen LogP contribution in [0.15, 0.2) is 34.9 Å². The number of carbonyl (C=O) groups excluding carboxylic acids is 1. The monoisotopic (exact) mass is 282 g/mol. The van der Waals surface area contributed by atoms with Gasteiger partial charge in [-0.05, 0) is 39.7 Å². The zero-order chi connectivity index (χ0) is 11.5. The van der Waals surface area contributed by atoms with Gasteiger partial charge < -0.3 is 5.32 Å². The summed E-state index contributed by atoms with van der Waals surface area (Å²) in [5.41, 5.74) is 4.35. The van der Waals surface area contributed by atoms with E-state index in [2.05, 4.69) is 26.7 Å². The van der Waals surface area contributed by atoms with Gasteiger partial charge in [-0.3, -0.25) is 15.1 Å². The Morgan fingerprint density at radius 3 is 2.62 bits per heavy atom. The van der Waals surface area contributed by atoms with Gasteiger partial charge in [-0.1, -0.05) is 12.1 Å². The van der Waals surface area contributed by atoms with Crippen LogP contribution in [0.2, 0.25) is 0 Å². The van der Waals surface area contributed by atoms with Crippen LogP contribution in [0.1, 0.15) is 22.0 Å². The van der Waals surface area contributed by atoms with Crippen molar-refractivity contribution in [3.63, 3.8) is 0 Å². The highest BCUT2D eigenvalue weighted by molar-refractivity contribution is 9.11. The van der Waals surface area contributed by atoms with Crippen LogP contribution in [-0.2, 0) is 4.84 Å². The largest absolute Gasteiger partial charge is 0.355 e. The summed E-state index contributed by atoms with van der Waals surface area (Å²) in [7, 11) is 1.61. The third-order valence-corrected chi connectivity index (χ3v) is 2.74. The molecule has 1 amide bonds. The van der Waals surface area contributed by atoms with Gasteiger partial charge in [0.15, 0.2) is 0 Å². The number of benzene rings is 1. The lowest BCUT2D eigenvalue weighted by Crippen LogP contribution is -2.17. The second-order valence-electron chi connectivity index (χ2n) is 3.36. The fourth-order valence-corrected chi connectivity index (χ4v) is 1.79. The van der Waals surface area contributed by atoms with Crippen LogP contribution in [0.25, 0.3) is 0 Å². The number of halogens is 1. The van der Waals surface area contributed by atoms with Crippen molar-refractivity contribution in [3.8, 4) is 0 Å². The van der Waals surface area contributed by atoms with Crippen LogP contribution in [-0.4, -0.2) is 13.0 Å². The summed E-state index contributed by atoms with van der Waals surface area (Å²) in [6.45, 7) is 0. The number of hydroxylamine groups is 1. The molecule has 16 heavy (non-hydrogen) atoms. The summed E-state index contributed by atoms with van der Waals surface area (Å²) in [6.07, 6.45) is 1.79. The lowest BCUT2D eigenvalue weighted by molar-refractivity contribution is 0.0458. The van der Waals surface area contributed by atoms with Crippen molar-refractivity contribution in [2.45, 2.75) is 6.10 Å². The molecule has 0 aromatic heterocycles. The van der Waals surface area contributed by atoms with Crippen molar-refractivity contribution < 1.29 is 9.63 Å². The van der Waals surface area contributed by atoms with Gasteiger partial charge in [-0.15, -0.1) is 0 Å². The summed E-state index contributed by atoms with van der Waals surface area (Å²) in [6, 6.07) is 7.30. The third-order valence-electron chi connectivity index (χ3n) is 2.31. The molecule has 2 N–H and O–H groups in total. The average Bonchev–Trinajstić information content (AvgIpc) is 2.75. The first-order valence-corrected chi connectivity index (χ1v) is 5.61. The first kappa shape index (κ1) is 11.2. The molecule has 1 aliphatic rings. The maximum atomic E-state index is 11.3. The molecule has 1 atom stereocenters. The molecule has 1 aromatic rings. The molecular weight excluding hydrogens is 272 g/mol. The van der Waals surface area contributed by atoms with E-state index in [1.54, 1.807) is 19.2 Å². The highest BCUT2D eigenvalue weighted by Gasteiger charge is 2.16. The fraction of sp³-hybridized carbons (Fsp3) is 0.182. The zero-order valence-electron chi connectivity index (χ0n) is 8.66. The predicted octanol–water partition coefficient (Wildman–Crippen LogP) is 1.86. The molecule has 0 aliphatic carbocycles. The molecule has 1 aliphatic heterocycles. The van der Waals surface area contributed by atoms with Crippen LogP contribution in [0.5, 0.6) is 0 Å². The van der Waals surface area contributed by atoms with Gasteiger partial charge in [0.2, 0.25) is 0 Å². The van der Waals surface area contributed by atoms with Crippen LogP contribution < -0.4 is 10.8 Å². The minimum atomic E-state index is -0.117. The van der Waals surface area contributed by atoms with E-state index in [1.807, 2.05) is 18.2 Å². The first-order valence-electron chi connectivity index (χ1n) is 4.81. The number of hydrogen-bond acceptors (Lipinski definition) is 3. The molecule has 1 aromatic carbocycles. The fourth-order valence-electron chi connectivity index (χ4n) is 1.45. The minimum absolute atomic E-state index is 0.0891. The van der Waals surface area contributed by atoms with Gasteiger partial charge in [0, 0.05) is 12.6 Å². The van der Waals surface area contributed by atoms with Crippen LogP contribution >= 0.6 is 15.9 Å². The van der Waals surface area contributed by atoms with E-state index in [4.69, 9.17) is 4.84 Å². The number of nitrogens with one attached hydrogen (secondary N) is 2. The van der Waals surface area contributed by atoms with Gasteiger partial charge in [-0.2, -0.15) is 0 Å². The van der Waals surface area contributed by atoms with E-state index in [1.165, 1.54) is 0 Å². The molecule has 2 rings (SSSR count). The van der Waals surface area contributed by atoms with E-state index >= 15 is 0 Å². The van der Waals surface area contributed by atoms with Crippen molar-refractivity contribution >= 4 is 21.8 Å². The van der Waals surface area contributed by atoms with E-state index in [9.17, 15) is 4.79 Å². The Morgan fingerprint density at radius 2 is 2.12 bits per heavy atom. The summed E-state index contributed by atoms with van der Waals surface area (Å²) in [5.74, 6) is -0.0891. The lowest BCUT2D eigenvalue weighted by atomic mass is 10.1. The Labute approximate surface area is 102 Å². The van der Waals surface area contributed by atoms with E-state index < -0.39 is 0 Å². The number of amides is 1. The Balaban J connectivity index is 2.16. The van der Waals surface area contributed by atoms with Crippen molar-refractivity contribution in [1.29, 1.82) is 0 Å². The van der Waals surface area contributed by atoms with Gasteiger partial charge in [0.1, 0.15) is 10.7 Å². The van der Waals surface area contributed by atoms with Crippen molar-refractivity contribution in [1.82, 2.24) is 10.8 Å². The molecule has 0 unspecified atom stereocenters. The normalized spacial score (nSPS) is 18.9. The molecule has 0 saturated heterocycles. The van der Waals surface area contributed by atoms with Gasteiger partial charge in [0.05, 0.1) is 0 Å². The molecule has 0 bridgehead atoms. The molecule has 0 radical (unpaired) electrons. The van der Waals surface area contributed by atoms with Gasteiger partial charge >= 0.3 is 0 Å². The maximum absolute atomic E-state index is 11.3. The number of hydrogen-bond donors (Lipinski definition) is 2. The SMILES string of the molecule is CNC(=O)c1ccc([C@@H]2C=C(Br)NO2)cc1. The Kier molecular flexibility index (Phi) is 3.26. The second-order valence-corrected chi connectivity index (χ2v) is 4.21. The molecule has 5 heteroatoms. The van der Waals surface area contributed by atoms with E-state index in [0.717, 1.165) is 10.2 Å². The minimum Gasteiger partial charge on any atom is -0.355 e. The van der Waals surface area contributed by atoms with E-state index in [-0.39, 0.29) is 12.0 Å². The maximum Gasteiger partial charge on any atom is 0.251 e. The second kappa shape index (κ2) is 4.67. The van der Waals surface area contributed by atoms with Crippen LogP contribution in [0.3, 0.4) is 0 Å². The molecule has 84 valence electrons. The summed E-state index contributed by atoms with van der Waals surface area (Å²) >= 11 is 3.29. The highest BCUT2D eigenvalue weighted by atomic mass is 79.9. The summed E-state index contributed by atoms with van der Waals surface area (Å²) in [5, 5.41) is 2.58. The summed E-state index contributed by atoms with van der Waals surface area (Å²) in [4.78, 5) is 16.6. The quantitative estimate of drug-likeness (QED) is 0.814. The first-order chi connectivity index (χ1) is 7.70. The molecular formula is C11H11BrN2O2. The van der Waals surface area contributed by atoms with Crippen LogP contribution in [0, 0.1) is 0 Å². The highest BCUT2D eigenvalue weighted by Crippen LogP contribution is 2.26. The Morgan fingerprint density at radius 1 is 1.44 bits per heavy atom. The third kappa shape index (κ3) is 2.25. The van der Waals surface area contributed by atoms with Crippen molar-refractivity contribution in [2.75, 3.05) is 7.05 Å². The molecule has 1 heterocycles. The molecule has 0 fully saturated rings. The number of rotatable bonds is 2. The average molecular weight is 283 g/mol. The Hall–Kier alpha value is -1.33. The smallest absolute Gasteiger partial charge is 0.251 e. The number of carbonyl (C=O) groups is 1. The summed E-state index contributed by atoms with van der Waals surface area (Å²) < 4.78 is 0.813. The standard InChI is InChI=1S/C11H11BrN2O2/c1-13-11(15)8-4-2-7(3-5-8)9-6-10(12)14-16-9/h2-6,9,14H,1H3,(H,13,15)/t9-/m0/s1. The molecule has 0 saturated carbocycles. The predicted molar refractivity (Wildman–Crippen MR) is 63.8 cm³/mol. The Bertz CT molecular complexity index is 428. The van der Waals surface area contributed by atoms with E-state index in [0.29, 0.717) is 5.56 Å². The van der Waals surface area contributed by atoms with Crippen molar-refractivity contribution in [2.24, 2.45) is 0 Å². The zero-order valence-corrected chi connectivity index (χ0v) is 10.2. The van der Waals surface area contributed by atoms with Gasteiger partial charge in [0.25, 0.3) is 5.91 Å². The topological polar surface area (TPSA) is 50.4 Å². The van der Waals surface area contributed by atoms with Crippen LogP contribution in [0.4, 0.5) is 0 Å².